The van der Waals surface area contributed by atoms with Gasteiger partial charge in [-0.15, -0.1) is 0 Å². The van der Waals surface area contributed by atoms with E-state index in [9.17, 15) is 8.42 Å². The molecule has 0 aliphatic heterocycles. The fraction of sp³-hybridized carbons (Fsp3) is 0.167. The van der Waals surface area contributed by atoms with Crippen molar-refractivity contribution < 1.29 is 8.42 Å². The first-order valence-electron chi connectivity index (χ1n) is 3.11. The SMILES string of the molecule is CNS(=O)(=O)c1ccc(Cl)cn1. The lowest BCUT2D eigenvalue weighted by Crippen LogP contribution is -2.19. The van der Waals surface area contributed by atoms with Crippen molar-refractivity contribution in [3.05, 3.63) is 23.4 Å². The maximum atomic E-state index is 11.1. The smallest absolute Gasteiger partial charge is 0.242 e. The standard InChI is InChI=1S/C6H7ClN2O2S/c1-8-12(10,11)6-3-2-5(7)4-9-6/h2-4,8H,1H3. The first-order valence-corrected chi connectivity index (χ1v) is 4.97. The molecule has 1 N–H and O–H groups in total. The first kappa shape index (κ1) is 9.44. The Morgan fingerprint density at radius 3 is 2.58 bits per heavy atom. The third-order valence-electron chi connectivity index (χ3n) is 1.24. The minimum absolute atomic E-state index is 0.0330. The Hall–Kier alpha value is -0.650. The van der Waals surface area contributed by atoms with Crippen LogP contribution in [0.25, 0.3) is 0 Å². The van der Waals surface area contributed by atoms with E-state index < -0.39 is 10.0 Å². The van der Waals surface area contributed by atoms with Crippen LogP contribution >= 0.6 is 11.6 Å². The summed E-state index contributed by atoms with van der Waals surface area (Å²) in [5.74, 6) is 0. The molecule has 0 spiro atoms. The molecule has 1 aromatic heterocycles. The van der Waals surface area contributed by atoms with Gasteiger partial charge in [-0.05, 0) is 19.2 Å². The molecule has 0 fully saturated rings. The first-order chi connectivity index (χ1) is 5.56. The van der Waals surface area contributed by atoms with E-state index in [0.717, 1.165) is 0 Å². The van der Waals surface area contributed by atoms with Crippen LogP contribution in [0.5, 0.6) is 0 Å². The second-order valence-corrected chi connectivity index (χ2v) is 4.29. The number of aromatic nitrogens is 1. The molecule has 4 nitrogen and oxygen atoms in total. The lowest BCUT2D eigenvalue weighted by atomic mass is 10.5. The molecule has 0 bridgehead atoms. The molecule has 0 amide bonds. The number of halogens is 1. The average molecular weight is 207 g/mol. The van der Waals surface area contributed by atoms with Crippen molar-refractivity contribution in [1.29, 1.82) is 0 Å². The number of nitrogens with zero attached hydrogens (tertiary/aromatic N) is 1. The summed E-state index contributed by atoms with van der Waals surface area (Å²) in [4.78, 5) is 3.64. The van der Waals surface area contributed by atoms with Crippen molar-refractivity contribution in [3.63, 3.8) is 0 Å². The summed E-state index contributed by atoms with van der Waals surface area (Å²) >= 11 is 5.53. The molecule has 66 valence electrons. The Morgan fingerprint density at radius 1 is 1.50 bits per heavy atom. The van der Waals surface area contributed by atoms with Gasteiger partial charge in [0.1, 0.15) is 0 Å². The zero-order valence-corrected chi connectivity index (χ0v) is 7.85. The minimum Gasteiger partial charge on any atom is -0.242 e. The normalized spacial score (nSPS) is 11.5. The van der Waals surface area contributed by atoms with Gasteiger partial charge in [-0.2, -0.15) is 0 Å². The highest BCUT2D eigenvalue weighted by molar-refractivity contribution is 7.89. The van der Waals surface area contributed by atoms with E-state index in [1.165, 1.54) is 25.4 Å². The van der Waals surface area contributed by atoms with E-state index in [4.69, 9.17) is 11.6 Å². The molecule has 0 aliphatic rings. The van der Waals surface area contributed by atoms with Crippen molar-refractivity contribution in [3.8, 4) is 0 Å². The highest BCUT2D eigenvalue weighted by atomic mass is 35.5. The number of hydrogen-bond donors (Lipinski definition) is 1. The lowest BCUT2D eigenvalue weighted by molar-refractivity contribution is 0.584. The van der Waals surface area contributed by atoms with Gasteiger partial charge in [0.2, 0.25) is 0 Å². The molecule has 0 atom stereocenters. The predicted octanol–water partition coefficient (Wildman–Crippen LogP) is 0.643. The van der Waals surface area contributed by atoms with Crippen molar-refractivity contribution >= 4 is 21.6 Å². The second-order valence-electron chi connectivity index (χ2n) is 2.02. The van der Waals surface area contributed by atoms with Gasteiger partial charge in [0.15, 0.2) is 5.03 Å². The largest absolute Gasteiger partial charge is 0.257 e. The Balaban J connectivity index is 3.14. The Morgan fingerprint density at radius 2 is 2.17 bits per heavy atom. The molecule has 0 unspecified atom stereocenters. The lowest BCUT2D eigenvalue weighted by Gasteiger charge is -1.99. The van der Waals surface area contributed by atoms with E-state index in [2.05, 4.69) is 9.71 Å². The van der Waals surface area contributed by atoms with Crippen LogP contribution in [-0.4, -0.2) is 20.4 Å². The summed E-state index contributed by atoms with van der Waals surface area (Å²) in [5, 5.41) is 0.374. The van der Waals surface area contributed by atoms with Gasteiger partial charge in [-0.3, -0.25) is 0 Å². The van der Waals surface area contributed by atoms with Crippen LogP contribution in [0.3, 0.4) is 0 Å². The van der Waals surface area contributed by atoms with Crippen molar-refractivity contribution in [2.24, 2.45) is 0 Å². The fourth-order valence-electron chi connectivity index (χ4n) is 0.626. The Kier molecular flexibility index (Phi) is 2.66. The fourth-order valence-corrected chi connectivity index (χ4v) is 1.39. The third kappa shape index (κ3) is 1.94. The molecule has 0 saturated carbocycles. The van der Waals surface area contributed by atoms with Crippen molar-refractivity contribution in [2.75, 3.05) is 7.05 Å². The quantitative estimate of drug-likeness (QED) is 0.773. The summed E-state index contributed by atoms with van der Waals surface area (Å²) in [6, 6.07) is 2.81. The molecule has 0 radical (unpaired) electrons. The predicted molar refractivity (Wildman–Crippen MR) is 45.5 cm³/mol. The van der Waals surface area contributed by atoms with Crippen LogP contribution in [0, 0.1) is 0 Å². The van der Waals surface area contributed by atoms with Crippen LogP contribution < -0.4 is 4.72 Å². The molecule has 0 aliphatic carbocycles. The molecule has 0 saturated heterocycles. The van der Waals surface area contributed by atoms with Crippen LogP contribution in [0.2, 0.25) is 5.02 Å². The van der Waals surface area contributed by atoms with E-state index >= 15 is 0 Å². The molecule has 6 heteroatoms. The van der Waals surface area contributed by atoms with Crippen LogP contribution in [-0.2, 0) is 10.0 Å². The summed E-state index contributed by atoms with van der Waals surface area (Å²) in [6.45, 7) is 0. The highest BCUT2D eigenvalue weighted by Crippen LogP contribution is 2.09. The van der Waals surface area contributed by atoms with E-state index in [1.54, 1.807) is 0 Å². The summed E-state index contributed by atoms with van der Waals surface area (Å²) in [7, 11) is -2.11. The average Bonchev–Trinajstić information content (AvgIpc) is 2.05. The van der Waals surface area contributed by atoms with E-state index in [-0.39, 0.29) is 5.03 Å². The molecule has 1 aromatic rings. The summed E-state index contributed by atoms with van der Waals surface area (Å²) in [5.41, 5.74) is 0. The second kappa shape index (κ2) is 3.38. The molecule has 1 heterocycles. The van der Waals surface area contributed by atoms with Crippen molar-refractivity contribution in [1.82, 2.24) is 9.71 Å². The van der Waals surface area contributed by atoms with E-state index in [0.29, 0.717) is 5.02 Å². The summed E-state index contributed by atoms with van der Waals surface area (Å²) in [6.07, 6.45) is 1.28. The minimum atomic E-state index is -3.43. The van der Waals surface area contributed by atoms with Gasteiger partial charge in [0.25, 0.3) is 10.0 Å². The van der Waals surface area contributed by atoms with Gasteiger partial charge in [0, 0.05) is 6.20 Å². The molecular weight excluding hydrogens is 200 g/mol. The Bertz CT molecular complexity index is 360. The number of sulfonamides is 1. The van der Waals surface area contributed by atoms with Crippen LogP contribution in [0.4, 0.5) is 0 Å². The van der Waals surface area contributed by atoms with Gasteiger partial charge >= 0.3 is 0 Å². The highest BCUT2D eigenvalue weighted by Gasteiger charge is 2.11. The number of nitrogens with one attached hydrogen (secondary N) is 1. The molecule has 0 aromatic carbocycles. The third-order valence-corrected chi connectivity index (χ3v) is 2.80. The molecule has 12 heavy (non-hydrogen) atoms. The monoisotopic (exact) mass is 206 g/mol. The van der Waals surface area contributed by atoms with Crippen molar-refractivity contribution in [2.45, 2.75) is 5.03 Å². The zero-order valence-electron chi connectivity index (χ0n) is 6.28. The maximum Gasteiger partial charge on any atom is 0.257 e. The topological polar surface area (TPSA) is 59.1 Å². The Labute approximate surface area is 75.6 Å². The number of hydrogen-bond acceptors (Lipinski definition) is 3. The van der Waals surface area contributed by atoms with Crippen LogP contribution in [0.1, 0.15) is 0 Å². The van der Waals surface area contributed by atoms with Gasteiger partial charge in [-0.1, -0.05) is 11.6 Å². The van der Waals surface area contributed by atoms with Gasteiger partial charge in [-0.25, -0.2) is 18.1 Å². The maximum absolute atomic E-state index is 11.1. The number of rotatable bonds is 2. The van der Waals surface area contributed by atoms with E-state index in [1.807, 2.05) is 0 Å². The van der Waals surface area contributed by atoms with Crippen LogP contribution in [0.15, 0.2) is 23.4 Å². The number of pyridine rings is 1. The van der Waals surface area contributed by atoms with Gasteiger partial charge in [0.05, 0.1) is 5.02 Å². The summed E-state index contributed by atoms with van der Waals surface area (Å²) < 4.78 is 24.3. The zero-order chi connectivity index (χ0) is 9.19. The molecule has 1 rings (SSSR count). The van der Waals surface area contributed by atoms with Gasteiger partial charge < -0.3 is 0 Å². The molecular formula is C6H7ClN2O2S.